The summed E-state index contributed by atoms with van der Waals surface area (Å²) in [5.41, 5.74) is 7.14. The fourth-order valence-corrected chi connectivity index (χ4v) is 7.15. The van der Waals surface area contributed by atoms with Gasteiger partial charge in [0, 0.05) is 25.4 Å². The Labute approximate surface area is 268 Å². The first-order chi connectivity index (χ1) is 22.2. The lowest BCUT2D eigenvalue weighted by Crippen LogP contribution is -2.34. The number of amides is 1. The molecule has 0 unspecified atom stereocenters. The maximum absolute atomic E-state index is 13.4. The van der Waals surface area contributed by atoms with E-state index >= 15 is 0 Å². The van der Waals surface area contributed by atoms with Gasteiger partial charge in [-0.3, -0.25) is 13.9 Å². The number of aryl methyl sites for hydroxylation is 3. The number of carbonyl (C=O) groups excluding carboxylic acids is 1. The third-order valence-corrected chi connectivity index (χ3v) is 10.1. The molecular formula is C33H36N8O4S. The Balaban J connectivity index is 1.43. The van der Waals surface area contributed by atoms with Crippen LogP contribution in [0.3, 0.4) is 0 Å². The highest BCUT2D eigenvalue weighted by Crippen LogP contribution is 2.57. The highest BCUT2D eigenvalue weighted by atomic mass is 32.3. The number of carbonyl (C=O) groups is 1. The Kier molecular flexibility index (Phi) is 8.82. The number of anilines is 1. The number of pyridine rings is 1. The van der Waals surface area contributed by atoms with Crippen LogP contribution in [0.2, 0.25) is 0 Å². The summed E-state index contributed by atoms with van der Waals surface area (Å²) in [5, 5.41) is 11.6. The van der Waals surface area contributed by atoms with Crippen LogP contribution in [0, 0.1) is 13.8 Å². The molecule has 1 aliphatic heterocycles. The van der Waals surface area contributed by atoms with E-state index in [0.717, 1.165) is 38.9 Å². The molecule has 0 spiro atoms. The van der Waals surface area contributed by atoms with Crippen molar-refractivity contribution in [1.29, 1.82) is 0 Å². The van der Waals surface area contributed by atoms with Crippen molar-refractivity contribution in [3.63, 3.8) is 0 Å². The van der Waals surface area contributed by atoms with Gasteiger partial charge in [0.1, 0.15) is 22.8 Å². The number of fused-ring (bicyclic) bond motifs is 2. The standard InChI is InChI=1S/C33H36N8O4S/c1-5-26-19-40(46(43,44)30-8-7-13-36-33(30)45-26)18-24-14-23(10-9-21(24)3)28(15-31(42)37-25-16-34-20-35-17-25)27-11-12-29-32(22(27)4)38-39-41(29)6-2/h7-17,20,26,43-44H,5-6,18-19H2,1-4H3,(H,37,42)/b28-15-/t26-/m1/s1. The van der Waals surface area contributed by atoms with Gasteiger partial charge < -0.3 is 10.1 Å². The summed E-state index contributed by atoms with van der Waals surface area (Å²) in [6.45, 7) is 9.18. The summed E-state index contributed by atoms with van der Waals surface area (Å²) in [6, 6.07) is 13.2. The lowest BCUT2D eigenvalue weighted by molar-refractivity contribution is -0.111. The van der Waals surface area contributed by atoms with Crippen LogP contribution in [0.1, 0.15) is 48.1 Å². The fraction of sp³-hybridized carbons (Fsp3) is 0.273. The molecule has 46 heavy (non-hydrogen) atoms. The first-order valence-electron chi connectivity index (χ1n) is 15.0. The molecule has 12 nitrogen and oxygen atoms in total. The molecule has 13 heteroatoms. The van der Waals surface area contributed by atoms with Gasteiger partial charge in [-0.15, -0.1) is 15.9 Å². The molecule has 4 heterocycles. The van der Waals surface area contributed by atoms with Crippen LogP contribution in [0.4, 0.5) is 5.69 Å². The number of aromatic nitrogens is 6. The smallest absolute Gasteiger partial charge is 0.249 e. The average Bonchev–Trinajstić information content (AvgIpc) is 3.45. The maximum Gasteiger partial charge on any atom is 0.249 e. The van der Waals surface area contributed by atoms with Crippen molar-refractivity contribution < 1.29 is 18.6 Å². The van der Waals surface area contributed by atoms with Crippen LogP contribution in [0.15, 0.2) is 78.4 Å². The molecule has 1 amide bonds. The second-order valence-corrected chi connectivity index (χ2v) is 13.1. The van der Waals surface area contributed by atoms with E-state index in [1.807, 2.05) is 62.7 Å². The molecule has 1 atom stereocenters. The zero-order chi connectivity index (χ0) is 32.4. The minimum Gasteiger partial charge on any atom is -0.472 e. The van der Waals surface area contributed by atoms with Crippen molar-refractivity contribution in [2.24, 2.45) is 0 Å². The van der Waals surface area contributed by atoms with E-state index in [0.29, 0.717) is 30.8 Å². The van der Waals surface area contributed by atoms with Gasteiger partial charge in [0.15, 0.2) is 0 Å². The minimum atomic E-state index is -3.41. The molecular weight excluding hydrogens is 604 g/mol. The van der Waals surface area contributed by atoms with Gasteiger partial charge in [-0.05, 0) is 84.8 Å². The van der Waals surface area contributed by atoms with Crippen molar-refractivity contribution in [3.8, 4) is 5.88 Å². The summed E-state index contributed by atoms with van der Waals surface area (Å²) >= 11 is 0. The van der Waals surface area contributed by atoms with Gasteiger partial charge in [-0.1, -0.05) is 30.3 Å². The van der Waals surface area contributed by atoms with Crippen LogP contribution in [0.5, 0.6) is 5.88 Å². The Hall–Kier alpha value is -4.69. The summed E-state index contributed by atoms with van der Waals surface area (Å²) in [6.07, 6.45) is 7.99. The van der Waals surface area contributed by atoms with Gasteiger partial charge >= 0.3 is 0 Å². The second-order valence-electron chi connectivity index (χ2n) is 11.1. The predicted octanol–water partition coefficient (Wildman–Crippen LogP) is 6.02. The number of nitrogens with zero attached hydrogens (tertiary/aromatic N) is 7. The van der Waals surface area contributed by atoms with Crippen LogP contribution >= 0.6 is 10.8 Å². The summed E-state index contributed by atoms with van der Waals surface area (Å²) in [4.78, 5) is 25.9. The zero-order valence-electron chi connectivity index (χ0n) is 26.1. The van der Waals surface area contributed by atoms with E-state index in [2.05, 4.69) is 30.6 Å². The zero-order valence-corrected chi connectivity index (χ0v) is 26.9. The number of rotatable bonds is 8. The Morgan fingerprint density at radius 2 is 1.93 bits per heavy atom. The van der Waals surface area contributed by atoms with Crippen LogP contribution in [-0.2, 0) is 17.9 Å². The third-order valence-electron chi connectivity index (χ3n) is 8.17. The Morgan fingerprint density at radius 1 is 1.13 bits per heavy atom. The second kappa shape index (κ2) is 13.0. The molecule has 238 valence electrons. The molecule has 5 aromatic rings. The first kappa shape index (κ1) is 31.3. The fourth-order valence-electron chi connectivity index (χ4n) is 5.59. The number of nitrogens with one attached hydrogen (secondary N) is 1. The molecule has 3 N–H and O–H groups in total. The molecule has 0 aliphatic carbocycles. The summed E-state index contributed by atoms with van der Waals surface area (Å²) in [5.74, 6) is -0.106. The SMILES string of the molecule is CC[C@@H]1CN(Cc2cc(/C(=C/C(=O)Nc3cncnc3)c3ccc4c(nnn4CC)c3C)ccc2C)S(O)(O)c2cccnc2O1. The molecule has 0 bridgehead atoms. The van der Waals surface area contributed by atoms with E-state index in [1.165, 1.54) is 18.7 Å². The van der Waals surface area contributed by atoms with Crippen molar-refractivity contribution in [2.75, 3.05) is 11.9 Å². The molecule has 2 aromatic carbocycles. The number of hydrogen-bond acceptors (Lipinski definition) is 10. The molecule has 3 aromatic heterocycles. The lowest BCUT2D eigenvalue weighted by atomic mass is 9.91. The van der Waals surface area contributed by atoms with Crippen LogP contribution in [0.25, 0.3) is 16.6 Å². The van der Waals surface area contributed by atoms with E-state index in [-0.39, 0.29) is 29.3 Å². The van der Waals surface area contributed by atoms with Gasteiger partial charge in [0.2, 0.25) is 11.8 Å². The Bertz CT molecular complexity index is 1930. The number of benzene rings is 2. The largest absolute Gasteiger partial charge is 0.472 e. The topological polar surface area (TPSA) is 151 Å². The van der Waals surface area contributed by atoms with Gasteiger partial charge in [-0.2, -0.15) is 4.31 Å². The van der Waals surface area contributed by atoms with E-state index < -0.39 is 10.8 Å². The molecule has 0 saturated heterocycles. The highest BCUT2D eigenvalue weighted by molar-refractivity contribution is 8.22. The molecule has 6 rings (SSSR count). The van der Waals surface area contributed by atoms with Gasteiger partial charge in [-0.25, -0.2) is 19.6 Å². The normalized spacial score (nSPS) is 17.2. The molecule has 0 saturated carbocycles. The van der Waals surface area contributed by atoms with Crippen LogP contribution in [-0.4, -0.2) is 61.9 Å². The monoisotopic (exact) mass is 640 g/mol. The minimum absolute atomic E-state index is 0.236. The molecule has 0 radical (unpaired) electrons. The predicted molar refractivity (Wildman–Crippen MR) is 177 cm³/mol. The molecule has 0 fully saturated rings. The van der Waals surface area contributed by atoms with Crippen molar-refractivity contribution in [1.82, 2.24) is 34.3 Å². The molecule has 1 aliphatic rings. The number of hydrogen-bond donors (Lipinski definition) is 3. The van der Waals surface area contributed by atoms with Gasteiger partial charge in [0.05, 0.1) is 30.1 Å². The third kappa shape index (κ3) is 6.09. The average molecular weight is 641 g/mol. The van der Waals surface area contributed by atoms with Crippen molar-refractivity contribution >= 4 is 39.0 Å². The van der Waals surface area contributed by atoms with E-state index in [9.17, 15) is 13.9 Å². The van der Waals surface area contributed by atoms with Crippen LogP contribution < -0.4 is 10.1 Å². The first-order valence-corrected chi connectivity index (χ1v) is 16.6. The van der Waals surface area contributed by atoms with Crippen molar-refractivity contribution in [3.05, 3.63) is 101 Å². The quantitative estimate of drug-likeness (QED) is 0.172. The number of ether oxygens (including phenoxy) is 1. The van der Waals surface area contributed by atoms with E-state index in [4.69, 9.17) is 4.74 Å². The lowest BCUT2D eigenvalue weighted by Gasteiger charge is -2.41. The maximum atomic E-state index is 13.4. The summed E-state index contributed by atoms with van der Waals surface area (Å²) < 4.78 is 32.7. The van der Waals surface area contributed by atoms with Crippen molar-refractivity contribution in [2.45, 2.75) is 58.2 Å². The van der Waals surface area contributed by atoms with Gasteiger partial charge in [0.25, 0.3) is 0 Å². The highest BCUT2D eigenvalue weighted by Gasteiger charge is 2.35. The summed E-state index contributed by atoms with van der Waals surface area (Å²) in [7, 11) is -3.41. The Morgan fingerprint density at radius 3 is 2.70 bits per heavy atom. The van der Waals surface area contributed by atoms with E-state index in [1.54, 1.807) is 28.7 Å².